The van der Waals surface area contributed by atoms with Gasteiger partial charge in [0.2, 0.25) is 0 Å². The van der Waals surface area contributed by atoms with Crippen LogP contribution < -0.4 is 10.6 Å². The van der Waals surface area contributed by atoms with E-state index in [0.29, 0.717) is 11.7 Å². The Kier molecular flexibility index (Phi) is 4.63. The zero-order valence-electron chi connectivity index (χ0n) is 9.29. The maximum Gasteiger partial charge on any atom is 0.413 e. The van der Waals surface area contributed by atoms with E-state index in [1.54, 1.807) is 6.92 Å². The van der Waals surface area contributed by atoms with Gasteiger partial charge in [0.25, 0.3) is 0 Å². The number of nitrogens with one attached hydrogen (secondary N) is 2. The van der Waals surface area contributed by atoms with Crippen LogP contribution in [0.1, 0.15) is 17.5 Å². The molecule has 5 nitrogen and oxygen atoms in total. The number of aryl methyl sites for hydroxylation is 2. The number of carbonyl (C=O) groups excluding carboxylic acids is 1. The molecular formula is C9H13N3O2S2. The summed E-state index contributed by atoms with van der Waals surface area (Å²) in [5.74, 6) is 0. The fraction of sp³-hybridized carbons (Fsp3) is 0.444. The summed E-state index contributed by atoms with van der Waals surface area (Å²) < 4.78 is 4.68. The third-order valence-electron chi connectivity index (χ3n) is 1.74. The van der Waals surface area contributed by atoms with Crippen LogP contribution in [0.2, 0.25) is 0 Å². The van der Waals surface area contributed by atoms with E-state index < -0.39 is 6.09 Å². The van der Waals surface area contributed by atoms with Crippen molar-refractivity contribution in [3.05, 3.63) is 10.6 Å². The summed E-state index contributed by atoms with van der Waals surface area (Å²) in [6.45, 7) is 5.92. The standard InChI is InChI=1S/C9H13N3O2S2/c1-4-14-9(13)12-7(15)11-8-10-5(2)6(3)16-8/h4H2,1-3H3,(H2,10,11,12,13,15). The van der Waals surface area contributed by atoms with Crippen LogP contribution in [-0.4, -0.2) is 22.8 Å². The molecule has 1 heterocycles. The lowest BCUT2D eigenvalue weighted by Crippen LogP contribution is -2.34. The second kappa shape index (κ2) is 5.76. The molecule has 1 aromatic heterocycles. The Morgan fingerprint density at radius 2 is 2.25 bits per heavy atom. The van der Waals surface area contributed by atoms with Crippen molar-refractivity contribution in [1.29, 1.82) is 0 Å². The first-order valence-corrected chi connectivity index (χ1v) is 5.94. The maximum atomic E-state index is 11.0. The van der Waals surface area contributed by atoms with Crippen LogP contribution in [0.15, 0.2) is 0 Å². The quantitative estimate of drug-likeness (QED) is 0.797. The van der Waals surface area contributed by atoms with Gasteiger partial charge in [-0.3, -0.25) is 5.32 Å². The zero-order chi connectivity index (χ0) is 12.1. The number of aromatic nitrogens is 1. The van der Waals surface area contributed by atoms with Gasteiger partial charge in [-0.05, 0) is 33.0 Å². The van der Waals surface area contributed by atoms with Crippen molar-refractivity contribution in [1.82, 2.24) is 10.3 Å². The normalized spacial score (nSPS) is 9.69. The van der Waals surface area contributed by atoms with E-state index in [9.17, 15) is 4.79 Å². The molecule has 88 valence electrons. The van der Waals surface area contributed by atoms with Crippen molar-refractivity contribution in [2.24, 2.45) is 0 Å². The van der Waals surface area contributed by atoms with Crippen LogP contribution in [0.5, 0.6) is 0 Å². The summed E-state index contributed by atoms with van der Waals surface area (Å²) in [7, 11) is 0. The minimum Gasteiger partial charge on any atom is -0.450 e. The van der Waals surface area contributed by atoms with E-state index in [-0.39, 0.29) is 5.11 Å². The second-order valence-corrected chi connectivity index (χ2v) is 4.57. The highest BCUT2D eigenvalue weighted by Crippen LogP contribution is 2.20. The Hall–Kier alpha value is -1.21. The van der Waals surface area contributed by atoms with Gasteiger partial charge in [0.15, 0.2) is 10.2 Å². The Morgan fingerprint density at radius 1 is 1.56 bits per heavy atom. The highest BCUT2D eigenvalue weighted by molar-refractivity contribution is 7.80. The maximum absolute atomic E-state index is 11.0. The molecule has 0 fully saturated rings. The van der Waals surface area contributed by atoms with Gasteiger partial charge in [-0.1, -0.05) is 0 Å². The molecular weight excluding hydrogens is 246 g/mol. The van der Waals surface area contributed by atoms with Gasteiger partial charge >= 0.3 is 6.09 Å². The molecule has 0 bridgehead atoms. The van der Waals surface area contributed by atoms with Gasteiger partial charge in [-0.2, -0.15) is 0 Å². The van der Waals surface area contributed by atoms with Crippen LogP contribution in [0.25, 0.3) is 0 Å². The lowest BCUT2D eigenvalue weighted by atomic mass is 10.4. The van der Waals surface area contributed by atoms with Crippen LogP contribution in [0.3, 0.4) is 0 Å². The van der Waals surface area contributed by atoms with Crippen molar-refractivity contribution >= 4 is 39.9 Å². The number of hydrogen-bond donors (Lipinski definition) is 2. The van der Waals surface area contributed by atoms with Crippen LogP contribution >= 0.6 is 23.6 Å². The van der Waals surface area contributed by atoms with Gasteiger partial charge in [0, 0.05) is 4.88 Å². The summed E-state index contributed by atoms with van der Waals surface area (Å²) >= 11 is 6.40. The molecule has 0 aliphatic heterocycles. The molecule has 0 saturated heterocycles. The van der Waals surface area contributed by atoms with Gasteiger partial charge in [0.1, 0.15) is 0 Å². The van der Waals surface area contributed by atoms with E-state index in [4.69, 9.17) is 12.2 Å². The molecule has 0 aliphatic carbocycles. The first-order valence-electron chi connectivity index (χ1n) is 4.71. The minimum atomic E-state index is -0.565. The lowest BCUT2D eigenvalue weighted by Gasteiger charge is -2.06. The average molecular weight is 259 g/mol. The summed E-state index contributed by atoms with van der Waals surface area (Å²) in [5, 5.41) is 6.05. The van der Waals surface area contributed by atoms with E-state index in [1.807, 2.05) is 13.8 Å². The zero-order valence-corrected chi connectivity index (χ0v) is 10.9. The average Bonchev–Trinajstić information content (AvgIpc) is 2.45. The molecule has 1 amide bonds. The molecule has 0 aromatic carbocycles. The van der Waals surface area contributed by atoms with Gasteiger partial charge in [-0.15, -0.1) is 11.3 Å². The van der Waals surface area contributed by atoms with Crippen molar-refractivity contribution in [3.63, 3.8) is 0 Å². The molecule has 0 unspecified atom stereocenters. The smallest absolute Gasteiger partial charge is 0.413 e. The van der Waals surface area contributed by atoms with E-state index in [2.05, 4.69) is 20.4 Å². The number of thiazole rings is 1. The third-order valence-corrected chi connectivity index (χ3v) is 2.93. The Labute approximate surface area is 103 Å². The van der Waals surface area contributed by atoms with E-state index in [0.717, 1.165) is 10.6 Å². The van der Waals surface area contributed by atoms with Crippen LogP contribution in [0.4, 0.5) is 9.93 Å². The number of carbonyl (C=O) groups is 1. The highest BCUT2D eigenvalue weighted by Gasteiger charge is 2.08. The summed E-state index contributed by atoms with van der Waals surface area (Å²) in [4.78, 5) is 16.4. The Morgan fingerprint density at radius 3 is 2.75 bits per heavy atom. The number of nitrogens with zero attached hydrogens (tertiary/aromatic N) is 1. The summed E-state index contributed by atoms with van der Waals surface area (Å²) in [6, 6.07) is 0. The summed E-state index contributed by atoms with van der Waals surface area (Å²) in [6.07, 6.45) is -0.565. The molecule has 0 saturated carbocycles. The van der Waals surface area contributed by atoms with Crippen molar-refractivity contribution in [2.75, 3.05) is 11.9 Å². The predicted octanol–water partition coefficient (Wildman–Crippen LogP) is 2.20. The van der Waals surface area contributed by atoms with Crippen molar-refractivity contribution < 1.29 is 9.53 Å². The second-order valence-electron chi connectivity index (χ2n) is 2.96. The number of anilines is 1. The summed E-state index contributed by atoms with van der Waals surface area (Å²) in [5.41, 5.74) is 0.950. The van der Waals surface area contributed by atoms with Crippen LogP contribution in [-0.2, 0) is 4.74 Å². The van der Waals surface area contributed by atoms with Gasteiger partial charge in [-0.25, -0.2) is 9.78 Å². The molecule has 1 aromatic rings. The van der Waals surface area contributed by atoms with Gasteiger partial charge in [0.05, 0.1) is 12.3 Å². The fourth-order valence-corrected chi connectivity index (χ4v) is 1.98. The van der Waals surface area contributed by atoms with Crippen LogP contribution in [0, 0.1) is 13.8 Å². The fourth-order valence-electron chi connectivity index (χ4n) is 0.914. The van der Waals surface area contributed by atoms with Crippen molar-refractivity contribution in [2.45, 2.75) is 20.8 Å². The first kappa shape index (κ1) is 12.9. The molecule has 0 spiro atoms. The first-order chi connectivity index (χ1) is 7.52. The minimum absolute atomic E-state index is 0.187. The topological polar surface area (TPSA) is 63.2 Å². The SMILES string of the molecule is CCOC(=O)NC(=S)Nc1nc(C)c(C)s1. The Bertz CT molecular complexity index is 384. The molecule has 2 N–H and O–H groups in total. The van der Waals surface area contributed by atoms with E-state index >= 15 is 0 Å². The lowest BCUT2D eigenvalue weighted by molar-refractivity contribution is 0.158. The van der Waals surface area contributed by atoms with E-state index in [1.165, 1.54) is 11.3 Å². The molecule has 7 heteroatoms. The van der Waals surface area contributed by atoms with Crippen molar-refractivity contribution in [3.8, 4) is 0 Å². The molecule has 1 rings (SSSR count). The number of thiocarbonyl (C=S) groups is 1. The number of hydrogen-bond acceptors (Lipinski definition) is 5. The molecule has 0 aliphatic rings. The largest absolute Gasteiger partial charge is 0.450 e. The van der Waals surface area contributed by atoms with Gasteiger partial charge < -0.3 is 10.1 Å². The number of ether oxygens (including phenoxy) is 1. The number of alkyl carbamates (subject to hydrolysis) is 1. The third kappa shape index (κ3) is 3.74. The predicted molar refractivity (Wildman–Crippen MR) is 68.0 cm³/mol. The highest BCUT2D eigenvalue weighted by atomic mass is 32.1. The Balaban J connectivity index is 2.48. The monoisotopic (exact) mass is 259 g/mol. The number of rotatable bonds is 2. The molecule has 0 radical (unpaired) electrons. The molecule has 0 atom stereocenters. The molecule has 16 heavy (non-hydrogen) atoms. The number of amides is 1.